The van der Waals surface area contributed by atoms with Crippen molar-refractivity contribution >= 4 is 11.9 Å². The molecule has 3 rings (SSSR count). The maximum absolute atomic E-state index is 13.3. The van der Waals surface area contributed by atoms with E-state index in [1.807, 2.05) is 0 Å². The first-order valence-electron chi connectivity index (χ1n) is 8.43. The van der Waals surface area contributed by atoms with Crippen molar-refractivity contribution in [2.75, 3.05) is 0 Å². The average molecular weight is 341 g/mol. The van der Waals surface area contributed by atoms with Gasteiger partial charge in [0.15, 0.2) is 0 Å². The molecule has 130 valence electrons. The highest BCUT2D eigenvalue weighted by Crippen LogP contribution is 2.30. The van der Waals surface area contributed by atoms with Crippen LogP contribution in [0.4, 0.5) is 4.39 Å². The quantitative estimate of drug-likeness (QED) is 0.872. The number of rotatable bonds is 5. The summed E-state index contributed by atoms with van der Waals surface area (Å²) in [7, 11) is 0. The van der Waals surface area contributed by atoms with E-state index in [4.69, 9.17) is 5.11 Å². The van der Waals surface area contributed by atoms with Gasteiger partial charge in [0.2, 0.25) is 5.91 Å². The fourth-order valence-electron chi connectivity index (χ4n) is 3.27. The summed E-state index contributed by atoms with van der Waals surface area (Å²) in [5.41, 5.74) is 3.14. The lowest BCUT2D eigenvalue weighted by Gasteiger charge is -2.26. The summed E-state index contributed by atoms with van der Waals surface area (Å²) in [5, 5.41) is 11.9. The lowest BCUT2D eigenvalue weighted by Crippen LogP contribution is -2.31. The normalized spacial score (nSPS) is 16.1. The minimum atomic E-state index is -0.961. The second-order valence-electron chi connectivity index (χ2n) is 6.36. The molecular weight excluding hydrogens is 321 g/mol. The molecule has 1 amide bonds. The third-order valence-electron chi connectivity index (χ3n) is 4.60. The van der Waals surface area contributed by atoms with Crippen molar-refractivity contribution in [3.8, 4) is 0 Å². The average Bonchev–Trinajstić information content (AvgIpc) is 2.60. The first kappa shape index (κ1) is 17.1. The van der Waals surface area contributed by atoms with Crippen molar-refractivity contribution in [3.05, 3.63) is 70.5 Å². The smallest absolute Gasteiger partial charge is 0.335 e. The van der Waals surface area contributed by atoms with Gasteiger partial charge < -0.3 is 10.4 Å². The molecule has 2 aromatic rings. The van der Waals surface area contributed by atoms with E-state index in [0.717, 1.165) is 36.0 Å². The second kappa shape index (κ2) is 7.47. The molecule has 2 N–H and O–H groups in total. The van der Waals surface area contributed by atoms with Crippen molar-refractivity contribution in [1.29, 1.82) is 0 Å². The zero-order valence-corrected chi connectivity index (χ0v) is 13.8. The fraction of sp³-hybridized carbons (Fsp3) is 0.300. The molecule has 25 heavy (non-hydrogen) atoms. The predicted molar refractivity (Wildman–Crippen MR) is 91.9 cm³/mol. The summed E-state index contributed by atoms with van der Waals surface area (Å²) >= 11 is 0. The van der Waals surface area contributed by atoms with Gasteiger partial charge in [-0.25, -0.2) is 9.18 Å². The number of carbonyl (C=O) groups is 2. The van der Waals surface area contributed by atoms with Crippen LogP contribution in [0.25, 0.3) is 0 Å². The maximum atomic E-state index is 13.3. The van der Waals surface area contributed by atoms with Gasteiger partial charge in [0, 0.05) is 6.42 Å². The molecular formula is C20H20FNO3. The summed E-state index contributed by atoms with van der Waals surface area (Å²) in [4.78, 5) is 23.1. The Morgan fingerprint density at radius 2 is 1.92 bits per heavy atom. The molecule has 0 aromatic heterocycles. The standard InChI is InChI=1S/C20H20FNO3/c21-16-9-10-17-15(12-16)2-1-3-18(17)22-19(23)11-6-13-4-7-14(8-5-13)20(24)25/h4-5,7-10,12,18H,1-3,6,11H2,(H,22,23)(H,24,25). The number of fused-ring (bicyclic) bond motifs is 1. The number of hydrogen-bond donors (Lipinski definition) is 2. The molecule has 0 saturated carbocycles. The van der Waals surface area contributed by atoms with Crippen LogP contribution in [0.15, 0.2) is 42.5 Å². The summed E-state index contributed by atoms with van der Waals surface area (Å²) in [5.74, 6) is -1.25. The van der Waals surface area contributed by atoms with Gasteiger partial charge in [-0.2, -0.15) is 0 Å². The van der Waals surface area contributed by atoms with Crippen LogP contribution in [0.5, 0.6) is 0 Å². The molecule has 5 heteroatoms. The van der Waals surface area contributed by atoms with E-state index >= 15 is 0 Å². The van der Waals surface area contributed by atoms with Crippen molar-refractivity contribution in [2.45, 2.75) is 38.1 Å². The highest BCUT2D eigenvalue weighted by Gasteiger charge is 2.22. The minimum absolute atomic E-state index is 0.0514. The number of halogens is 1. The molecule has 2 aromatic carbocycles. The second-order valence-corrected chi connectivity index (χ2v) is 6.36. The summed E-state index contributed by atoms with van der Waals surface area (Å²) < 4.78 is 13.3. The van der Waals surface area contributed by atoms with E-state index in [-0.39, 0.29) is 23.3 Å². The van der Waals surface area contributed by atoms with Crippen molar-refractivity contribution in [3.63, 3.8) is 0 Å². The minimum Gasteiger partial charge on any atom is -0.478 e. The van der Waals surface area contributed by atoms with Gasteiger partial charge in [0.25, 0.3) is 0 Å². The number of amides is 1. The third kappa shape index (κ3) is 4.24. The number of benzene rings is 2. The van der Waals surface area contributed by atoms with Crippen LogP contribution in [-0.4, -0.2) is 17.0 Å². The number of carboxylic acids is 1. The van der Waals surface area contributed by atoms with Crippen LogP contribution in [0.1, 0.15) is 52.4 Å². The predicted octanol–water partition coefficient (Wildman–Crippen LogP) is 3.65. The molecule has 1 aliphatic carbocycles. The van der Waals surface area contributed by atoms with Crippen LogP contribution < -0.4 is 5.32 Å². The number of nitrogens with one attached hydrogen (secondary N) is 1. The van der Waals surface area contributed by atoms with Gasteiger partial charge in [-0.05, 0) is 66.6 Å². The van der Waals surface area contributed by atoms with E-state index in [2.05, 4.69) is 5.32 Å². The first-order chi connectivity index (χ1) is 12.0. The molecule has 1 aliphatic rings. The number of hydrogen-bond acceptors (Lipinski definition) is 2. The van der Waals surface area contributed by atoms with E-state index in [0.29, 0.717) is 12.8 Å². The molecule has 1 unspecified atom stereocenters. The molecule has 0 heterocycles. The van der Waals surface area contributed by atoms with Crippen molar-refractivity contribution in [1.82, 2.24) is 5.32 Å². The Balaban J connectivity index is 1.57. The molecule has 0 saturated heterocycles. The van der Waals surface area contributed by atoms with E-state index < -0.39 is 5.97 Å². The van der Waals surface area contributed by atoms with E-state index in [9.17, 15) is 14.0 Å². The number of carbonyl (C=O) groups excluding carboxylic acids is 1. The topological polar surface area (TPSA) is 66.4 Å². The Morgan fingerprint density at radius 3 is 2.64 bits per heavy atom. The van der Waals surface area contributed by atoms with Gasteiger partial charge in [-0.15, -0.1) is 0 Å². The lowest BCUT2D eigenvalue weighted by atomic mass is 9.87. The van der Waals surface area contributed by atoms with Crippen LogP contribution >= 0.6 is 0 Å². The Bertz CT molecular complexity index is 786. The van der Waals surface area contributed by atoms with Gasteiger partial charge in [-0.1, -0.05) is 18.2 Å². The summed E-state index contributed by atoms with van der Waals surface area (Å²) in [6.07, 6.45) is 3.51. The Hall–Kier alpha value is -2.69. The van der Waals surface area contributed by atoms with Crippen LogP contribution in [0.2, 0.25) is 0 Å². The Labute approximate surface area is 145 Å². The number of aryl methyl sites for hydroxylation is 2. The zero-order chi connectivity index (χ0) is 17.8. The zero-order valence-electron chi connectivity index (χ0n) is 13.8. The maximum Gasteiger partial charge on any atom is 0.335 e. The van der Waals surface area contributed by atoms with Crippen LogP contribution in [0, 0.1) is 5.82 Å². The van der Waals surface area contributed by atoms with Crippen LogP contribution in [0.3, 0.4) is 0 Å². The van der Waals surface area contributed by atoms with Crippen LogP contribution in [-0.2, 0) is 17.6 Å². The molecule has 0 aliphatic heterocycles. The van der Waals surface area contributed by atoms with Crippen molar-refractivity contribution in [2.24, 2.45) is 0 Å². The number of aromatic carboxylic acids is 1. The fourth-order valence-corrected chi connectivity index (χ4v) is 3.27. The van der Waals surface area contributed by atoms with Gasteiger partial charge in [0.1, 0.15) is 5.82 Å². The van der Waals surface area contributed by atoms with E-state index in [1.54, 1.807) is 36.4 Å². The molecule has 0 spiro atoms. The summed E-state index contributed by atoms with van der Waals surface area (Å²) in [6.45, 7) is 0. The monoisotopic (exact) mass is 341 g/mol. The van der Waals surface area contributed by atoms with Gasteiger partial charge in [0.05, 0.1) is 11.6 Å². The SMILES string of the molecule is O=C(CCc1ccc(C(=O)O)cc1)NC1CCCc2cc(F)ccc21. The summed E-state index contributed by atoms with van der Waals surface area (Å²) in [6, 6.07) is 11.2. The Morgan fingerprint density at radius 1 is 1.16 bits per heavy atom. The molecule has 4 nitrogen and oxygen atoms in total. The molecule has 0 fully saturated rings. The Kier molecular flexibility index (Phi) is 5.12. The molecule has 1 atom stereocenters. The number of carboxylic acid groups (broad SMARTS) is 1. The third-order valence-corrected chi connectivity index (χ3v) is 4.60. The lowest BCUT2D eigenvalue weighted by molar-refractivity contribution is -0.121. The first-order valence-corrected chi connectivity index (χ1v) is 8.43. The van der Waals surface area contributed by atoms with Gasteiger partial charge in [-0.3, -0.25) is 4.79 Å². The van der Waals surface area contributed by atoms with Gasteiger partial charge >= 0.3 is 5.97 Å². The largest absolute Gasteiger partial charge is 0.478 e. The van der Waals surface area contributed by atoms with Crippen molar-refractivity contribution < 1.29 is 19.1 Å². The highest BCUT2D eigenvalue weighted by atomic mass is 19.1. The highest BCUT2D eigenvalue weighted by molar-refractivity contribution is 5.87. The molecule has 0 bridgehead atoms. The molecule has 0 radical (unpaired) electrons. The van der Waals surface area contributed by atoms with E-state index in [1.165, 1.54) is 6.07 Å².